The van der Waals surface area contributed by atoms with E-state index in [9.17, 15) is 20.3 Å². The molecule has 3 N–H and O–H groups in total. The van der Waals surface area contributed by atoms with Crippen molar-refractivity contribution in [3.05, 3.63) is 28.6 Å². The highest BCUT2D eigenvalue weighted by Gasteiger charge is 2.55. The van der Waals surface area contributed by atoms with Crippen LogP contribution in [0.3, 0.4) is 0 Å². The molecule has 9 heteroatoms. The molecule has 0 unspecified atom stereocenters. The molecule has 2 aromatic heterocycles. The van der Waals surface area contributed by atoms with Crippen LogP contribution in [0.25, 0.3) is 5.65 Å². The number of aromatic nitrogens is 4. The van der Waals surface area contributed by atoms with E-state index in [-0.39, 0.29) is 11.3 Å². The number of nitrogens with one attached hydrogen (secondary N) is 1. The average Bonchev–Trinajstić information content (AvgIpc) is 3.03. The molecule has 4 atom stereocenters. The summed E-state index contributed by atoms with van der Waals surface area (Å²) in [4.78, 5) is 18.0. The zero-order chi connectivity index (χ0) is 15.2. The first-order chi connectivity index (χ1) is 10.0. The molecule has 0 spiro atoms. The fourth-order valence-electron chi connectivity index (χ4n) is 2.68. The maximum absolute atomic E-state index is 11.7. The van der Waals surface area contributed by atoms with Crippen LogP contribution in [0.15, 0.2) is 17.3 Å². The summed E-state index contributed by atoms with van der Waals surface area (Å²) in [7, 11) is 0. The zero-order valence-corrected chi connectivity index (χ0v) is 11.1. The Hall–Kier alpha value is -2.28. The average molecular weight is 291 g/mol. The Morgan fingerprint density at radius 1 is 1.67 bits per heavy atom. The Balaban J connectivity index is 2.22. The summed E-state index contributed by atoms with van der Waals surface area (Å²) >= 11 is 0. The van der Waals surface area contributed by atoms with Crippen molar-refractivity contribution in [2.75, 3.05) is 6.61 Å². The topological polar surface area (TPSA) is 137 Å². The summed E-state index contributed by atoms with van der Waals surface area (Å²) in [6.07, 6.45) is 0.615. The number of hydrogen-bond acceptors (Lipinski definition) is 7. The van der Waals surface area contributed by atoms with Crippen molar-refractivity contribution >= 4 is 5.65 Å². The molecule has 1 aliphatic heterocycles. The second kappa shape index (κ2) is 4.63. The summed E-state index contributed by atoms with van der Waals surface area (Å²) in [6.45, 7) is 1.22. The third kappa shape index (κ3) is 1.70. The van der Waals surface area contributed by atoms with Gasteiger partial charge in [-0.3, -0.25) is 4.79 Å². The third-order valence-corrected chi connectivity index (χ3v) is 3.91. The zero-order valence-electron chi connectivity index (χ0n) is 11.1. The quantitative estimate of drug-likeness (QED) is 0.614. The second-order valence-corrected chi connectivity index (χ2v) is 4.96. The molecule has 3 heterocycles. The lowest BCUT2D eigenvalue weighted by Crippen LogP contribution is -2.34. The van der Waals surface area contributed by atoms with Gasteiger partial charge in [-0.25, -0.2) is 9.50 Å². The molecular weight excluding hydrogens is 278 g/mol. The smallest absolute Gasteiger partial charge is 0.294 e. The Bertz CT molecular complexity index is 778. The van der Waals surface area contributed by atoms with Gasteiger partial charge in [0.25, 0.3) is 5.56 Å². The first kappa shape index (κ1) is 13.7. The van der Waals surface area contributed by atoms with Gasteiger partial charge in [-0.2, -0.15) is 10.4 Å². The molecule has 21 heavy (non-hydrogen) atoms. The van der Waals surface area contributed by atoms with Gasteiger partial charge in [-0.1, -0.05) is 6.92 Å². The Morgan fingerprint density at radius 3 is 3.05 bits per heavy atom. The Morgan fingerprint density at radius 2 is 2.43 bits per heavy atom. The van der Waals surface area contributed by atoms with E-state index in [2.05, 4.69) is 15.1 Å². The van der Waals surface area contributed by atoms with Crippen molar-refractivity contribution in [3.8, 4) is 6.07 Å². The molecule has 0 radical (unpaired) electrons. The van der Waals surface area contributed by atoms with E-state index in [0.29, 0.717) is 0 Å². The molecule has 110 valence electrons. The highest BCUT2D eigenvalue weighted by molar-refractivity contribution is 5.40. The van der Waals surface area contributed by atoms with Gasteiger partial charge >= 0.3 is 0 Å². The number of fused-ring (bicyclic) bond motifs is 1. The van der Waals surface area contributed by atoms with Crippen LogP contribution < -0.4 is 5.56 Å². The predicted molar refractivity (Wildman–Crippen MR) is 68.0 cm³/mol. The Labute approximate surface area is 118 Å². The standard InChI is InChI=1S/C12H13N5O4/c1-6-9(19)7(3-18)21-12(6,4-13)8-2-14-10-11(20)15-5-16-17(8)10/h2,5-7,9,18-19H,3H2,1H3,(H,15,16,20)/t6-,7+,9-,12+/m0/s1. The molecule has 2 aromatic rings. The summed E-state index contributed by atoms with van der Waals surface area (Å²) in [5.74, 6) is -0.624. The summed E-state index contributed by atoms with van der Waals surface area (Å²) < 4.78 is 6.80. The van der Waals surface area contributed by atoms with Crippen molar-refractivity contribution in [3.63, 3.8) is 0 Å². The lowest BCUT2D eigenvalue weighted by atomic mass is 9.85. The van der Waals surface area contributed by atoms with Crippen LogP contribution in [0.5, 0.6) is 0 Å². The number of nitrogens with zero attached hydrogens (tertiary/aromatic N) is 4. The number of aromatic amines is 1. The van der Waals surface area contributed by atoms with Gasteiger partial charge in [0, 0.05) is 5.92 Å². The lowest BCUT2D eigenvalue weighted by Gasteiger charge is -2.24. The van der Waals surface area contributed by atoms with Crippen LogP contribution >= 0.6 is 0 Å². The van der Waals surface area contributed by atoms with Crippen molar-refractivity contribution < 1.29 is 14.9 Å². The lowest BCUT2D eigenvalue weighted by molar-refractivity contribution is -0.0546. The maximum atomic E-state index is 11.7. The number of rotatable bonds is 2. The van der Waals surface area contributed by atoms with Gasteiger partial charge in [-0.05, 0) is 0 Å². The van der Waals surface area contributed by atoms with Gasteiger partial charge < -0.3 is 19.9 Å². The van der Waals surface area contributed by atoms with Crippen LogP contribution in [-0.2, 0) is 10.3 Å². The number of imidazole rings is 1. The summed E-state index contributed by atoms with van der Waals surface area (Å²) in [5.41, 5.74) is -1.71. The number of H-pyrrole nitrogens is 1. The molecule has 1 saturated heterocycles. The van der Waals surface area contributed by atoms with E-state index in [1.165, 1.54) is 17.0 Å². The van der Waals surface area contributed by atoms with Gasteiger partial charge in [-0.15, -0.1) is 0 Å². The highest BCUT2D eigenvalue weighted by atomic mass is 16.5. The minimum Gasteiger partial charge on any atom is -0.394 e. The minimum atomic E-state index is -1.53. The molecule has 0 amide bonds. The third-order valence-electron chi connectivity index (χ3n) is 3.91. The van der Waals surface area contributed by atoms with Gasteiger partial charge in [0.2, 0.25) is 11.2 Å². The van der Waals surface area contributed by atoms with Gasteiger partial charge in [0.05, 0.1) is 18.9 Å². The maximum Gasteiger partial charge on any atom is 0.294 e. The van der Waals surface area contributed by atoms with Crippen LogP contribution in [-0.4, -0.2) is 48.6 Å². The molecule has 3 rings (SSSR count). The number of aliphatic hydroxyl groups excluding tert-OH is 2. The van der Waals surface area contributed by atoms with Crippen molar-refractivity contribution in [1.82, 2.24) is 19.6 Å². The fourth-order valence-corrected chi connectivity index (χ4v) is 2.68. The SMILES string of the molecule is C[C@H]1[C@H](O)[C@@H](CO)O[C@@]1(C#N)c1cnc2c(=O)[nH]cnn12. The molecule has 0 aromatic carbocycles. The molecule has 0 aliphatic carbocycles. The molecule has 0 bridgehead atoms. The highest BCUT2D eigenvalue weighted by Crippen LogP contribution is 2.43. The number of nitriles is 1. The van der Waals surface area contributed by atoms with E-state index in [1.54, 1.807) is 6.92 Å². The van der Waals surface area contributed by atoms with E-state index in [4.69, 9.17) is 4.74 Å². The van der Waals surface area contributed by atoms with E-state index < -0.39 is 35.9 Å². The number of hydrogen-bond donors (Lipinski definition) is 3. The van der Waals surface area contributed by atoms with Crippen molar-refractivity contribution in [1.29, 1.82) is 5.26 Å². The minimum absolute atomic E-state index is 0.0277. The molecule has 9 nitrogen and oxygen atoms in total. The van der Waals surface area contributed by atoms with E-state index >= 15 is 0 Å². The predicted octanol–water partition coefficient (Wildman–Crippen LogP) is -1.48. The van der Waals surface area contributed by atoms with Gasteiger partial charge in [0.15, 0.2) is 0 Å². The molecule has 1 fully saturated rings. The second-order valence-electron chi connectivity index (χ2n) is 4.96. The molecular formula is C12H13N5O4. The Kier molecular flexibility index (Phi) is 3.02. The van der Waals surface area contributed by atoms with Crippen molar-refractivity contribution in [2.24, 2.45) is 5.92 Å². The van der Waals surface area contributed by atoms with Crippen molar-refractivity contribution in [2.45, 2.75) is 24.7 Å². The number of ether oxygens (including phenoxy) is 1. The summed E-state index contributed by atoms with van der Waals surface area (Å²) in [6, 6.07) is 2.03. The summed E-state index contributed by atoms with van der Waals surface area (Å²) in [5, 5.41) is 32.9. The van der Waals surface area contributed by atoms with Crippen LogP contribution in [0.2, 0.25) is 0 Å². The van der Waals surface area contributed by atoms with Gasteiger partial charge in [0.1, 0.15) is 24.2 Å². The normalized spacial score (nSPS) is 32.4. The first-order valence-corrected chi connectivity index (χ1v) is 6.35. The van der Waals surface area contributed by atoms with E-state index in [1.807, 2.05) is 6.07 Å². The van der Waals surface area contributed by atoms with E-state index in [0.717, 1.165) is 0 Å². The number of aliphatic hydroxyl groups is 2. The van der Waals surface area contributed by atoms with Crippen LogP contribution in [0.1, 0.15) is 12.6 Å². The van der Waals surface area contributed by atoms with Crippen LogP contribution in [0.4, 0.5) is 0 Å². The first-order valence-electron chi connectivity index (χ1n) is 6.35. The van der Waals surface area contributed by atoms with Crippen LogP contribution in [0, 0.1) is 17.2 Å². The monoisotopic (exact) mass is 291 g/mol. The fraction of sp³-hybridized carbons (Fsp3) is 0.500. The molecule has 0 saturated carbocycles. The largest absolute Gasteiger partial charge is 0.394 e. The molecule has 1 aliphatic rings.